The lowest BCUT2D eigenvalue weighted by Crippen LogP contribution is -2.40. The molecule has 0 heterocycles. The molecule has 0 fully saturated rings. The van der Waals surface area contributed by atoms with Gasteiger partial charge in [0.25, 0.3) is 5.91 Å². The van der Waals surface area contributed by atoms with Crippen molar-refractivity contribution < 1.29 is 14.3 Å². The summed E-state index contributed by atoms with van der Waals surface area (Å²) < 4.78 is 6.40. The van der Waals surface area contributed by atoms with Gasteiger partial charge in [-0.2, -0.15) is 0 Å². The van der Waals surface area contributed by atoms with Crippen molar-refractivity contribution in [2.45, 2.75) is 26.9 Å². The van der Waals surface area contributed by atoms with Crippen molar-refractivity contribution in [1.29, 1.82) is 0 Å². The zero-order valence-electron chi connectivity index (χ0n) is 14.7. The van der Waals surface area contributed by atoms with Gasteiger partial charge in [-0.3, -0.25) is 9.59 Å². The lowest BCUT2D eigenvalue weighted by molar-refractivity contribution is -0.129. The molecule has 0 bridgehead atoms. The fourth-order valence-electron chi connectivity index (χ4n) is 2.17. The monoisotopic (exact) mass is 438 g/mol. The Balaban J connectivity index is 1.85. The number of halogens is 2. The molecule has 0 aliphatic carbocycles. The van der Waals surface area contributed by atoms with Crippen LogP contribution in [0.2, 0.25) is 5.02 Å². The molecule has 2 aromatic carbocycles. The molecular formula is C19H20BrClN2O3. The molecule has 0 saturated carbocycles. The Morgan fingerprint density at radius 3 is 2.46 bits per heavy atom. The minimum atomic E-state index is -0.746. The lowest BCUT2D eigenvalue weighted by Gasteiger charge is -2.16. The van der Waals surface area contributed by atoms with E-state index in [2.05, 4.69) is 26.6 Å². The van der Waals surface area contributed by atoms with Crippen LogP contribution in [0.15, 0.2) is 40.9 Å². The molecule has 0 saturated heterocycles. The van der Waals surface area contributed by atoms with Crippen LogP contribution in [0.3, 0.4) is 0 Å². The van der Waals surface area contributed by atoms with Crippen LogP contribution in [0.4, 0.5) is 5.69 Å². The number of hydrogen-bond donors (Lipinski definition) is 2. The topological polar surface area (TPSA) is 67.4 Å². The Kier molecular flexibility index (Phi) is 7.06. The van der Waals surface area contributed by atoms with Gasteiger partial charge in [0.05, 0.1) is 21.7 Å². The van der Waals surface area contributed by atoms with Crippen molar-refractivity contribution >= 4 is 45.0 Å². The first kappa shape index (κ1) is 20.3. The maximum Gasteiger partial charge on any atom is 0.261 e. The Morgan fingerprint density at radius 2 is 1.81 bits per heavy atom. The van der Waals surface area contributed by atoms with E-state index in [-0.39, 0.29) is 18.4 Å². The average molecular weight is 440 g/mol. The molecule has 0 spiro atoms. The molecule has 2 amide bonds. The smallest absolute Gasteiger partial charge is 0.261 e. The highest BCUT2D eigenvalue weighted by molar-refractivity contribution is 9.10. The fourth-order valence-corrected chi connectivity index (χ4v) is 3.04. The van der Waals surface area contributed by atoms with Crippen molar-refractivity contribution in [2.75, 3.05) is 11.9 Å². The largest absolute Gasteiger partial charge is 0.480 e. The maximum absolute atomic E-state index is 12.1. The number of amides is 2. The molecule has 0 aromatic heterocycles. The van der Waals surface area contributed by atoms with Gasteiger partial charge in [0, 0.05) is 0 Å². The molecule has 138 valence electrons. The third-order valence-electron chi connectivity index (χ3n) is 3.58. The van der Waals surface area contributed by atoms with Gasteiger partial charge in [0.2, 0.25) is 5.91 Å². The van der Waals surface area contributed by atoms with Crippen molar-refractivity contribution in [2.24, 2.45) is 0 Å². The Bertz CT molecular complexity index is 826. The van der Waals surface area contributed by atoms with Crippen LogP contribution in [-0.4, -0.2) is 24.5 Å². The van der Waals surface area contributed by atoms with Gasteiger partial charge in [-0.15, -0.1) is 0 Å². The normalized spacial score (nSPS) is 11.6. The van der Waals surface area contributed by atoms with E-state index in [4.69, 9.17) is 16.3 Å². The van der Waals surface area contributed by atoms with Crippen LogP contribution in [0.1, 0.15) is 18.1 Å². The summed E-state index contributed by atoms with van der Waals surface area (Å²) in [7, 11) is 0. The highest BCUT2D eigenvalue weighted by Crippen LogP contribution is 2.26. The molecule has 7 heteroatoms. The van der Waals surface area contributed by atoms with E-state index in [1.54, 1.807) is 25.1 Å². The Labute approximate surface area is 166 Å². The van der Waals surface area contributed by atoms with Crippen LogP contribution in [0, 0.1) is 13.8 Å². The van der Waals surface area contributed by atoms with Crippen molar-refractivity contribution in [3.63, 3.8) is 0 Å². The molecule has 1 unspecified atom stereocenters. The van der Waals surface area contributed by atoms with Crippen molar-refractivity contribution in [1.82, 2.24) is 5.32 Å². The zero-order chi connectivity index (χ0) is 19.3. The Morgan fingerprint density at radius 1 is 1.15 bits per heavy atom. The van der Waals surface area contributed by atoms with Gasteiger partial charge in [0.1, 0.15) is 5.75 Å². The molecule has 2 N–H and O–H groups in total. The molecule has 0 radical (unpaired) electrons. The molecular weight excluding hydrogens is 420 g/mol. The number of aryl methyl sites for hydroxylation is 2. The fraction of sp³-hybridized carbons (Fsp3) is 0.263. The number of rotatable bonds is 6. The van der Waals surface area contributed by atoms with Crippen LogP contribution in [-0.2, 0) is 9.59 Å². The van der Waals surface area contributed by atoms with E-state index in [1.165, 1.54) is 0 Å². The van der Waals surface area contributed by atoms with Crippen LogP contribution >= 0.6 is 27.5 Å². The third kappa shape index (κ3) is 5.75. The van der Waals surface area contributed by atoms with Crippen LogP contribution in [0.5, 0.6) is 5.75 Å². The van der Waals surface area contributed by atoms with E-state index in [0.29, 0.717) is 16.5 Å². The molecule has 26 heavy (non-hydrogen) atoms. The summed E-state index contributed by atoms with van der Waals surface area (Å²) in [5.41, 5.74) is 2.58. The first-order valence-corrected chi connectivity index (χ1v) is 9.20. The Hall–Kier alpha value is -2.05. The van der Waals surface area contributed by atoms with Crippen molar-refractivity contribution in [3.8, 4) is 5.75 Å². The molecule has 2 aromatic rings. The van der Waals surface area contributed by atoms with Gasteiger partial charge >= 0.3 is 0 Å². The highest BCUT2D eigenvalue weighted by Gasteiger charge is 2.17. The van der Waals surface area contributed by atoms with Gasteiger partial charge in [0.15, 0.2) is 6.10 Å². The SMILES string of the molecule is Cc1ccc(NC(=O)CNC(=O)C(C)Oc2ccc(C)cc2Br)c(Cl)c1. The highest BCUT2D eigenvalue weighted by atomic mass is 79.9. The van der Waals surface area contributed by atoms with E-state index < -0.39 is 6.10 Å². The zero-order valence-corrected chi connectivity index (χ0v) is 17.1. The minimum absolute atomic E-state index is 0.175. The van der Waals surface area contributed by atoms with Gasteiger partial charge in [-0.25, -0.2) is 0 Å². The summed E-state index contributed by atoms with van der Waals surface area (Å²) in [6, 6.07) is 10.9. The summed E-state index contributed by atoms with van der Waals surface area (Å²) in [4.78, 5) is 24.1. The molecule has 0 aliphatic rings. The van der Waals surface area contributed by atoms with Gasteiger partial charge in [-0.05, 0) is 72.1 Å². The van der Waals surface area contributed by atoms with Gasteiger partial charge in [-0.1, -0.05) is 23.7 Å². The summed E-state index contributed by atoms with van der Waals surface area (Å²) in [5, 5.41) is 5.66. The third-order valence-corrected chi connectivity index (χ3v) is 4.51. The predicted molar refractivity (Wildman–Crippen MR) is 107 cm³/mol. The number of ether oxygens (including phenoxy) is 1. The second-order valence-electron chi connectivity index (χ2n) is 5.94. The second-order valence-corrected chi connectivity index (χ2v) is 7.20. The standard InChI is InChI=1S/C19H20BrClN2O3/c1-11-5-7-17(14(20)8-11)26-13(3)19(25)22-10-18(24)23-16-6-4-12(2)9-15(16)21/h4-9,13H,10H2,1-3H3,(H,22,25)(H,23,24). The van der Waals surface area contributed by atoms with E-state index in [0.717, 1.165) is 15.6 Å². The molecule has 5 nitrogen and oxygen atoms in total. The number of nitrogens with one attached hydrogen (secondary N) is 2. The quantitative estimate of drug-likeness (QED) is 0.707. The van der Waals surface area contributed by atoms with E-state index in [1.807, 2.05) is 32.0 Å². The summed E-state index contributed by atoms with van der Waals surface area (Å²) in [6.45, 7) is 5.32. The summed E-state index contributed by atoms with van der Waals surface area (Å²) in [6.07, 6.45) is -0.746. The summed E-state index contributed by atoms with van der Waals surface area (Å²) >= 11 is 9.48. The molecule has 2 rings (SSSR count). The average Bonchev–Trinajstić information content (AvgIpc) is 2.57. The molecule has 1 atom stereocenters. The number of hydrogen-bond acceptors (Lipinski definition) is 3. The van der Waals surface area contributed by atoms with Crippen molar-refractivity contribution in [3.05, 3.63) is 57.0 Å². The first-order chi connectivity index (χ1) is 12.3. The van der Waals surface area contributed by atoms with E-state index in [9.17, 15) is 9.59 Å². The van der Waals surface area contributed by atoms with Crippen LogP contribution in [0.25, 0.3) is 0 Å². The number of anilines is 1. The van der Waals surface area contributed by atoms with E-state index >= 15 is 0 Å². The first-order valence-electron chi connectivity index (χ1n) is 8.03. The number of carbonyl (C=O) groups is 2. The summed E-state index contributed by atoms with van der Waals surface area (Å²) in [5.74, 6) is -0.190. The molecule has 0 aliphatic heterocycles. The van der Waals surface area contributed by atoms with Crippen LogP contribution < -0.4 is 15.4 Å². The number of carbonyl (C=O) groups excluding carboxylic acids is 2. The lowest BCUT2D eigenvalue weighted by atomic mass is 10.2. The second kappa shape index (κ2) is 9.05. The maximum atomic E-state index is 12.1. The minimum Gasteiger partial charge on any atom is -0.480 e. The number of benzene rings is 2. The predicted octanol–water partition coefficient (Wildman–Crippen LogP) is 4.24. The van der Waals surface area contributed by atoms with Gasteiger partial charge < -0.3 is 15.4 Å².